The predicted octanol–water partition coefficient (Wildman–Crippen LogP) is 4.15. The summed E-state index contributed by atoms with van der Waals surface area (Å²) < 4.78 is 2.25. The number of aryl methyl sites for hydroxylation is 1. The number of hydrogen-bond acceptors (Lipinski definition) is 1. The normalized spacial score (nSPS) is 16.0. The summed E-state index contributed by atoms with van der Waals surface area (Å²) in [5.41, 5.74) is 4.78. The van der Waals surface area contributed by atoms with Crippen molar-refractivity contribution in [2.75, 3.05) is 13.1 Å². The van der Waals surface area contributed by atoms with Crippen LogP contribution in [0.2, 0.25) is 0 Å². The lowest BCUT2D eigenvalue weighted by atomic mass is 9.99. The Labute approximate surface area is 160 Å². The molecule has 0 aliphatic carbocycles. The Hall–Kier alpha value is -3.01. The van der Waals surface area contributed by atoms with E-state index in [1.807, 2.05) is 23.1 Å². The van der Waals surface area contributed by atoms with Gasteiger partial charge in [-0.05, 0) is 36.6 Å². The van der Waals surface area contributed by atoms with Gasteiger partial charge in [0, 0.05) is 31.5 Å². The monoisotopic (exact) mass is 359 g/mol. The van der Waals surface area contributed by atoms with Gasteiger partial charge in [-0.2, -0.15) is 0 Å². The number of fused-ring (bicyclic) bond motifs is 1. The second-order valence-electron chi connectivity index (χ2n) is 7.10. The molecule has 0 saturated heterocycles. The molecule has 0 spiro atoms. The number of rotatable bonds is 4. The Morgan fingerprint density at radius 3 is 2.56 bits per heavy atom. The number of benzene rings is 2. The smallest absolute Gasteiger partial charge is 0.318 e. The zero-order chi connectivity index (χ0) is 18.6. The fourth-order valence-electron chi connectivity index (χ4n) is 3.76. The van der Waals surface area contributed by atoms with Crippen molar-refractivity contribution in [3.63, 3.8) is 0 Å². The number of carbonyl (C=O) groups excluding carboxylic acids is 1. The van der Waals surface area contributed by atoms with Crippen molar-refractivity contribution in [2.24, 2.45) is 0 Å². The van der Waals surface area contributed by atoms with Crippen LogP contribution in [0.5, 0.6) is 0 Å². The number of carbonyl (C=O) groups is 1. The highest BCUT2D eigenvalue weighted by Gasteiger charge is 2.31. The second kappa shape index (κ2) is 7.70. The second-order valence-corrected chi connectivity index (χ2v) is 7.10. The van der Waals surface area contributed by atoms with E-state index < -0.39 is 0 Å². The van der Waals surface area contributed by atoms with E-state index in [4.69, 9.17) is 0 Å². The summed E-state index contributed by atoms with van der Waals surface area (Å²) in [5.74, 6) is 0. The van der Waals surface area contributed by atoms with Gasteiger partial charge < -0.3 is 14.8 Å². The molecule has 0 radical (unpaired) electrons. The first-order valence-electron chi connectivity index (χ1n) is 9.52. The van der Waals surface area contributed by atoms with Gasteiger partial charge in [-0.15, -0.1) is 0 Å². The number of nitrogens with one attached hydrogen (secondary N) is 1. The highest BCUT2D eigenvalue weighted by Crippen LogP contribution is 2.32. The van der Waals surface area contributed by atoms with Crippen LogP contribution < -0.4 is 5.32 Å². The summed E-state index contributed by atoms with van der Waals surface area (Å²) in [6.45, 7) is 4.26. The zero-order valence-electron chi connectivity index (χ0n) is 15.6. The first-order chi connectivity index (χ1) is 13.2. The van der Waals surface area contributed by atoms with Gasteiger partial charge in [-0.1, -0.05) is 60.2 Å². The van der Waals surface area contributed by atoms with Crippen molar-refractivity contribution in [2.45, 2.75) is 25.9 Å². The SMILES string of the molecule is Cc1ccc(C2c3cccn3CCN2C(=O)NCCc2ccccc2)cc1. The third-order valence-corrected chi connectivity index (χ3v) is 5.22. The lowest BCUT2D eigenvalue weighted by Crippen LogP contribution is -2.47. The number of hydrogen-bond donors (Lipinski definition) is 1. The summed E-state index contributed by atoms with van der Waals surface area (Å²) in [6, 6.07) is 22.9. The molecule has 2 heterocycles. The van der Waals surface area contributed by atoms with Crippen molar-refractivity contribution in [1.82, 2.24) is 14.8 Å². The molecule has 4 nitrogen and oxygen atoms in total. The molecule has 2 aromatic carbocycles. The van der Waals surface area contributed by atoms with E-state index in [2.05, 4.69) is 71.5 Å². The van der Waals surface area contributed by atoms with Crippen LogP contribution in [0.4, 0.5) is 4.79 Å². The molecule has 3 aromatic rings. The van der Waals surface area contributed by atoms with Crippen LogP contribution in [0.1, 0.15) is 28.4 Å². The number of urea groups is 1. The summed E-state index contributed by atoms with van der Waals surface area (Å²) >= 11 is 0. The van der Waals surface area contributed by atoms with E-state index in [9.17, 15) is 4.79 Å². The van der Waals surface area contributed by atoms with E-state index in [0.717, 1.165) is 18.5 Å². The zero-order valence-corrected chi connectivity index (χ0v) is 15.6. The molecule has 2 amide bonds. The maximum atomic E-state index is 13.0. The van der Waals surface area contributed by atoms with E-state index in [-0.39, 0.29) is 12.1 Å². The lowest BCUT2D eigenvalue weighted by Gasteiger charge is -2.37. The van der Waals surface area contributed by atoms with Crippen molar-refractivity contribution in [3.8, 4) is 0 Å². The Balaban J connectivity index is 1.51. The van der Waals surface area contributed by atoms with Crippen LogP contribution in [0.25, 0.3) is 0 Å². The molecule has 1 unspecified atom stereocenters. The first-order valence-corrected chi connectivity index (χ1v) is 9.52. The lowest BCUT2D eigenvalue weighted by molar-refractivity contribution is 0.169. The number of aromatic nitrogens is 1. The highest BCUT2D eigenvalue weighted by molar-refractivity contribution is 5.75. The van der Waals surface area contributed by atoms with Crippen LogP contribution in [-0.4, -0.2) is 28.6 Å². The molecular weight excluding hydrogens is 334 g/mol. The molecule has 0 bridgehead atoms. The van der Waals surface area contributed by atoms with Gasteiger partial charge in [0.25, 0.3) is 0 Å². The third-order valence-electron chi connectivity index (χ3n) is 5.22. The van der Waals surface area contributed by atoms with Crippen LogP contribution in [-0.2, 0) is 13.0 Å². The summed E-state index contributed by atoms with van der Waals surface area (Å²) in [6.07, 6.45) is 2.94. The molecule has 0 saturated carbocycles. The molecular formula is C23H25N3O. The van der Waals surface area contributed by atoms with Crippen LogP contribution in [0.3, 0.4) is 0 Å². The average molecular weight is 359 g/mol. The quantitative estimate of drug-likeness (QED) is 0.746. The standard InChI is InChI=1S/C23H25N3O/c1-18-9-11-20(12-10-18)22-21-8-5-15-25(21)16-17-26(22)23(27)24-14-13-19-6-3-2-4-7-19/h2-12,15,22H,13-14,16-17H2,1H3,(H,24,27). The topological polar surface area (TPSA) is 37.3 Å². The van der Waals surface area contributed by atoms with Gasteiger partial charge in [-0.3, -0.25) is 0 Å². The van der Waals surface area contributed by atoms with Gasteiger partial charge in [0.1, 0.15) is 0 Å². The predicted molar refractivity (Wildman–Crippen MR) is 108 cm³/mol. The van der Waals surface area contributed by atoms with E-state index in [0.29, 0.717) is 13.1 Å². The van der Waals surface area contributed by atoms with E-state index >= 15 is 0 Å². The van der Waals surface area contributed by atoms with Gasteiger partial charge in [0.05, 0.1) is 6.04 Å². The molecule has 1 aliphatic heterocycles. The van der Waals surface area contributed by atoms with Gasteiger partial charge in [0.15, 0.2) is 0 Å². The molecule has 27 heavy (non-hydrogen) atoms. The van der Waals surface area contributed by atoms with Gasteiger partial charge in [-0.25, -0.2) is 4.79 Å². The van der Waals surface area contributed by atoms with Crippen LogP contribution >= 0.6 is 0 Å². The van der Waals surface area contributed by atoms with E-state index in [1.165, 1.54) is 16.8 Å². The van der Waals surface area contributed by atoms with Gasteiger partial charge >= 0.3 is 6.03 Å². The first kappa shape index (κ1) is 17.4. The van der Waals surface area contributed by atoms with Crippen molar-refractivity contribution in [3.05, 3.63) is 95.3 Å². The summed E-state index contributed by atoms with van der Waals surface area (Å²) in [5, 5.41) is 3.11. The Morgan fingerprint density at radius 2 is 1.78 bits per heavy atom. The molecule has 1 N–H and O–H groups in total. The van der Waals surface area contributed by atoms with Crippen LogP contribution in [0, 0.1) is 6.92 Å². The van der Waals surface area contributed by atoms with Crippen molar-refractivity contribution >= 4 is 6.03 Å². The Kier molecular flexibility index (Phi) is 4.97. The minimum atomic E-state index is -0.0499. The average Bonchev–Trinajstić information content (AvgIpc) is 3.17. The largest absolute Gasteiger partial charge is 0.348 e. The fraction of sp³-hybridized carbons (Fsp3) is 0.261. The molecule has 1 aliphatic rings. The molecule has 138 valence electrons. The maximum Gasteiger partial charge on any atom is 0.318 e. The molecule has 1 atom stereocenters. The number of nitrogens with zero attached hydrogens (tertiary/aromatic N) is 2. The molecule has 4 heteroatoms. The Bertz CT molecular complexity index is 899. The molecule has 1 aromatic heterocycles. The minimum Gasteiger partial charge on any atom is -0.348 e. The molecule has 0 fully saturated rings. The van der Waals surface area contributed by atoms with Crippen molar-refractivity contribution < 1.29 is 4.79 Å². The third kappa shape index (κ3) is 3.75. The fourth-order valence-corrected chi connectivity index (χ4v) is 3.76. The molecule has 4 rings (SSSR count). The van der Waals surface area contributed by atoms with Gasteiger partial charge in [0.2, 0.25) is 0 Å². The Morgan fingerprint density at radius 1 is 1.00 bits per heavy atom. The van der Waals surface area contributed by atoms with Crippen LogP contribution in [0.15, 0.2) is 72.9 Å². The number of amides is 2. The highest BCUT2D eigenvalue weighted by atomic mass is 16.2. The summed E-state index contributed by atoms with van der Waals surface area (Å²) in [4.78, 5) is 14.9. The van der Waals surface area contributed by atoms with Crippen molar-refractivity contribution in [1.29, 1.82) is 0 Å². The van der Waals surface area contributed by atoms with E-state index in [1.54, 1.807) is 0 Å². The summed E-state index contributed by atoms with van der Waals surface area (Å²) in [7, 11) is 0. The minimum absolute atomic E-state index is 0.00366. The maximum absolute atomic E-state index is 13.0.